The Morgan fingerprint density at radius 2 is 1.76 bits per heavy atom. The molecule has 3 aromatic rings. The number of nitrogens with zero attached hydrogens (tertiary/aromatic N) is 3. The zero-order valence-corrected chi connectivity index (χ0v) is 27.0. The lowest BCUT2D eigenvalue weighted by atomic mass is 9.82. The molecule has 2 saturated heterocycles. The van der Waals surface area contributed by atoms with Gasteiger partial charge >= 0.3 is 0 Å². The number of fused-ring (bicyclic) bond motifs is 2. The van der Waals surface area contributed by atoms with E-state index in [-0.39, 0.29) is 30.9 Å². The van der Waals surface area contributed by atoms with Crippen LogP contribution in [0.2, 0.25) is 18.6 Å². The molecule has 0 unspecified atom stereocenters. The smallest absolute Gasteiger partial charge is 0.264 e. The summed E-state index contributed by atoms with van der Waals surface area (Å²) in [6.07, 6.45) is 1.63. The van der Waals surface area contributed by atoms with Gasteiger partial charge in [-0.15, -0.1) is 0 Å². The average molecular weight is 628 g/mol. The summed E-state index contributed by atoms with van der Waals surface area (Å²) in [5.41, 5.74) is 1.64. The van der Waals surface area contributed by atoms with Crippen LogP contribution >= 0.6 is 0 Å². The Balaban J connectivity index is 1.45. The summed E-state index contributed by atoms with van der Waals surface area (Å²) in [5.74, 6) is -0.838. The van der Waals surface area contributed by atoms with E-state index in [1.807, 2.05) is 98.9 Å². The quantitative estimate of drug-likeness (QED) is 0.263. The van der Waals surface area contributed by atoms with Gasteiger partial charge in [0, 0.05) is 34.9 Å². The Bertz CT molecular complexity index is 1560. The Morgan fingerprint density at radius 1 is 1.07 bits per heavy atom. The molecule has 1 spiro atoms. The van der Waals surface area contributed by atoms with E-state index >= 15 is 0 Å². The van der Waals surface area contributed by atoms with Crippen LogP contribution in [-0.4, -0.2) is 66.6 Å². The van der Waals surface area contributed by atoms with Crippen molar-refractivity contribution >= 4 is 43.6 Å². The summed E-state index contributed by atoms with van der Waals surface area (Å²) >= 11 is 0. The number of aliphatic hydroxyl groups is 1. The van der Waals surface area contributed by atoms with Crippen LogP contribution in [0.5, 0.6) is 0 Å². The van der Waals surface area contributed by atoms with Gasteiger partial charge < -0.3 is 24.4 Å². The summed E-state index contributed by atoms with van der Waals surface area (Å²) in [7, 11) is -3.00. The highest BCUT2D eigenvalue weighted by atomic mass is 28.4. The number of amides is 3. The Labute approximate surface area is 265 Å². The first-order valence-corrected chi connectivity index (χ1v) is 18.7. The Hall–Kier alpha value is -3.83. The second-order valence-corrected chi connectivity index (χ2v) is 17.0. The largest absolute Gasteiger partial charge is 0.432 e. The summed E-state index contributed by atoms with van der Waals surface area (Å²) in [5, 5.41) is 9.87. The molecule has 0 bridgehead atoms. The number of aliphatic hydroxyl groups excluding tert-OH is 1. The third-order valence-corrected chi connectivity index (χ3v) is 12.4. The van der Waals surface area contributed by atoms with Crippen LogP contribution in [0.15, 0.2) is 78.9 Å². The number of carbonyl (C=O) groups is 3. The van der Waals surface area contributed by atoms with E-state index in [2.05, 4.69) is 0 Å². The summed E-state index contributed by atoms with van der Waals surface area (Å²) in [6.45, 7) is 6.41. The lowest BCUT2D eigenvalue weighted by molar-refractivity contribution is -0.150. The number of hydrogen-bond donors (Lipinski definition) is 2. The van der Waals surface area contributed by atoms with E-state index in [0.29, 0.717) is 35.7 Å². The molecular weight excluding hydrogens is 586 g/mol. The predicted molar refractivity (Wildman–Crippen MR) is 174 cm³/mol. The van der Waals surface area contributed by atoms with E-state index in [1.165, 1.54) is 4.90 Å². The van der Waals surface area contributed by atoms with E-state index in [4.69, 9.17) is 4.74 Å². The highest BCUT2D eigenvalue weighted by Gasteiger charge is 2.66. The van der Waals surface area contributed by atoms with Crippen LogP contribution in [0.1, 0.15) is 37.3 Å². The maximum Gasteiger partial charge on any atom is 0.264 e. The lowest BCUT2D eigenvalue weighted by Gasteiger charge is -2.33. The molecule has 0 aliphatic carbocycles. The summed E-state index contributed by atoms with van der Waals surface area (Å²) in [4.78, 5) is 57.5. The molecule has 10 heteroatoms. The molecule has 0 saturated carbocycles. The first kappa shape index (κ1) is 31.2. The fourth-order valence-corrected chi connectivity index (χ4v) is 10.4. The molecule has 5 atom stereocenters. The summed E-state index contributed by atoms with van der Waals surface area (Å²) in [6, 6.07) is 24.3. The number of hydrogen-bond acceptors (Lipinski definition) is 6. The second-order valence-electron chi connectivity index (χ2n) is 13.0. The fraction of sp³-hybridized carbons (Fsp3) is 0.400. The molecule has 3 aliphatic rings. The zero-order valence-electron chi connectivity index (χ0n) is 26.0. The first-order valence-electron chi connectivity index (χ1n) is 15.7. The average Bonchev–Trinajstić information content (AvgIpc) is 3.69. The number of ether oxygens (including phenoxy) is 1. The van der Waals surface area contributed by atoms with E-state index in [9.17, 15) is 24.3 Å². The highest BCUT2D eigenvalue weighted by Crippen LogP contribution is 2.60. The summed E-state index contributed by atoms with van der Waals surface area (Å²) < 4.78 is 6.91. The second kappa shape index (κ2) is 12.2. The van der Waals surface area contributed by atoms with E-state index < -0.39 is 31.5 Å². The number of benzene rings is 3. The standard InChI is InChI=1S/C35H41N3O6Si/c1-24-33(45(2,3)43)31(20-32(41)36-18-10-15-28(36)22-39)44-35(24)29-19-27(38(23-40)26-13-8-5-9-14-26)16-17-30(29)37(34(35)42)21-25-11-6-4-7-12-25/h4-9,11-14,16-17,19,23-24,28,31,33,39,43H,10,15,18,20-22H2,1-3H3/t24-,28-,31+,33-,35+/m0/s1. The minimum atomic E-state index is -3.00. The number of carbonyl (C=O) groups excluding carboxylic acids is 3. The van der Waals surface area contributed by atoms with Crippen molar-refractivity contribution in [3.63, 3.8) is 0 Å². The molecule has 3 aromatic carbocycles. The van der Waals surface area contributed by atoms with Crippen LogP contribution in [0.4, 0.5) is 17.1 Å². The van der Waals surface area contributed by atoms with Gasteiger partial charge in [-0.25, -0.2) is 0 Å². The van der Waals surface area contributed by atoms with Crippen molar-refractivity contribution in [3.8, 4) is 0 Å². The maximum atomic E-state index is 14.8. The van der Waals surface area contributed by atoms with Crippen molar-refractivity contribution in [2.24, 2.45) is 5.92 Å². The van der Waals surface area contributed by atoms with Gasteiger partial charge in [0.2, 0.25) is 12.3 Å². The molecule has 0 radical (unpaired) electrons. The molecular formula is C35H41N3O6Si. The van der Waals surface area contributed by atoms with Gasteiger partial charge in [0.25, 0.3) is 5.91 Å². The third kappa shape index (κ3) is 5.39. The number of anilines is 3. The Morgan fingerprint density at radius 3 is 2.40 bits per heavy atom. The van der Waals surface area contributed by atoms with E-state index in [1.54, 1.807) is 9.80 Å². The van der Waals surface area contributed by atoms with Gasteiger partial charge in [-0.2, -0.15) is 0 Å². The highest BCUT2D eigenvalue weighted by molar-refractivity contribution is 6.71. The van der Waals surface area contributed by atoms with Crippen LogP contribution in [-0.2, 0) is 31.3 Å². The zero-order chi connectivity index (χ0) is 31.9. The van der Waals surface area contributed by atoms with Gasteiger partial charge in [-0.1, -0.05) is 55.5 Å². The molecule has 3 heterocycles. The minimum Gasteiger partial charge on any atom is -0.432 e. The van der Waals surface area contributed by atoms with Gasteiger partial charge in [-0.05, 0) is 61.8 Å². The van der Waals surface area contributed by atoms with Gasteiger partial charge in [0.1, 0.15) is 0 Å². The van der Waals surface area contributed by atoms with Crippen molar-refractivity contribution in [1.29, 1.82) is 0 Å². The molecule has 6 rings (SSSR count). The molecule has 0 aromatic heterocycles. The van der Waals surface area contributed by atoms with E-state index in [0.717, 1.165) is 24.8 Å². The molecule has 45 heavy (non-hydrogen) atoms. The molecule has 3 amide bonds. The van der Waals surface area contributed by atoms with Crippen molar-refractivity contribution in [1.82, 2.24) is 4.90 Å². The number of likely N-dealkylation sites (tertiary alicyclic amines) is 1. The van der Waals surface area contributed by atoms with Crippen LogP contribution in [0, 0.1) is 5.92 Å². The molecule has 236 valence electrons. The van der Waals surface area contributed by atoms with Crippen LogP contribution in [0.3, 0.4) is 0 Å². The topological polar surface area (TPSA) is 111 Å². The molecule has 9 nitrogen and oxygen atoms in total. The lowest BCUT2D eigenvalue weighted by Crippen LogP contribution is -2.46. The monoisotopic (exact) mass is 627 g/mol. The predicted octanol–water partition coefficient (Wildman–Crippen LogP) is 4.70. The third-order valence-electron chi connectivity index (χ3n) is 9.85. The fourth-order valence-electron chi connectivity index (χ4n) is 7.84. The minimum absolute atomic E-state index is 0.00964. The van der Waals surface area contributed by atoms with Crippen molar-refractivity contribution in [3.05, 3.63) is 90.0 Å². The SMILES string of the molecule is C[C@H]1[C@H]([Si](C)(C)O)[C@@H](CC(=O)N2CCC[C@H]2CO)O[C@]12C(=O)N(Cc1ccccc1)c1ccc(N(C=O)c3ccccc3)cc12. The molecule has 3 aliphatic heterocycles. The molecule has 2 N–H and O–H groups in total. The first-order chi connectivity index (χ1) is 21.6. The van der Waals surface area contributed by atoms with Crippen molar-refractivity contribution < 1.29 is 29.0 Å². The number of rotatable bonds is 9. The normalized spacial score (nSPS) is 26.0. The number of para-hydroxylation sites is 1. The van der Waals surface area contributed by atoms with Gasteiger partial charge in [0.05, 0.1) is 37.4 Å². The van der Waals surface area contributed by atoms with Crippen molar-refractivity contribution in [2.75, 3.05) is 23.0 Å². The van der Waals surface area contributed by atoms with Crippen LogP contribution in [0.25, 0.3) is 0 Å². The maximum absolute atomic E-state index is 14.8. The van der Waals surface area contributed by atoms with Crippen molar-refractivity contribution in [2.45, 2.75) is 69.1 Å². The molecule has 2 fully saturated rings. The Kier molecular flexibility index (Phi) is 8.42. The van der Waals surface area contributed by atoms with Gasteiger partial charge in [-0.3, -0.25) is 19.3 Å². The van der Waals surface area contributed by atoms with Gasteiger partial charge in [0.15, 0.2) is 13.9 Å². The van der Waals surface area contributed by atoms with Crippen LogP contribution < -0.4 is 9.80 Å².